The van der Waals surface area contributed by atoms with Gasteiger partial charge in [-0.25, -0.2) is 4.98 Å². The van der Waals surface area contributed by atoms with Crippen molar-refractivity contribution in [3.05, 3.63) is 41.2 Å². The summed E-state index contributed by atoms with van der Waals surface area (Å²) >= 11 is 0. The van der Waals surface area contributed by atoms with Crippen LogP contribution in [0, 0.1) is 6.92 Å². The minimum atomic E-state index is -0.178. The van der Waals surface area contributed by atoms with Gasteiger partial charge in [-0.1, -0.05) is 0 Å². The maximum atomic E-state index is 9.91. The summed E-state index contributed by atoms with van der Waals surface area (Å²) in [6.45, 7) is 2.11. The molecule has 2 rings (SSSR count). The van der Waals surface area contributed by atoms with Crippen molar-refractivity contribution in [3.8, 4) is 5.75 Å². The largest absolute Gasteiger partial charge is 0.505 e. The van der Waals surface area contributed by atoms with Gasteiger partial charge in [-0.05, 0) is 6.92 Å². The van der Waals surface area contributed by atoms with Crippen LogP contribution in [0.5, 0.6) is 5.75 Å². The molecule has 3 N–H and O–H groups in total. The maximum Gasteiger partial charge on any atom is 0.145 e. The summed E-state index contributed by atoms with van der Waals surface area (Å²) in [4.78, 5) is 15.2. The van der Waals surface area contributed by atoms with Crippen LogP contribution in [0.2, 0.25) is 0 Å². The fraction of sp³-hybridized carbons (Fsp3) is 0.308. The van der Waals surface area contributed by atoms with E-state index in [1.165, 1.54) is 0 Å². The van der Waals surface area contributed by atoms with Crippen LogP contribution in [0.4, 0.5) is 0 Å². The predicted molar refractivity (Wildman–Crippen MR) is 71.3 cm³/mol. The zero-order valence-corrected chi connectivity index (χ0v) is 10.7. The molecule has 0 fully saturated rings. The molecule has 0 radical (unpaired) electrons. The molecule has 0 spiro atoms. The van der Waals surface area contributed by atoms with Crippen molar-refractivity contribution < 1.29 is 10.2 Å². The van der Waals surface area contributed by atoms with E-state index >= 15 is 0 Å². The zero-order chi connectivity index (χ0) is 13.7. The Morgan fingerprint density at radius 2 is 2.26 bits per heavy atom. The van der Waals surface area contributed by atoms with Crippen LogP contribution in [0.25, 0.3) is 0 Å². The van der Waals surface area contributed by atoms with Gasteiger partial charge in [0.2, 0.25) is 0 Å². The first-order valence-electron chi connectivity index (χ1n) is 5.97. The standard InChI is InChI=1S/C13H16N4O2/c1-9-13(19)12(10(7-18)4-16-9)6-14-3-2-11-5-15-8-17-11/h4-6,8,18-19H,2-3,7H2,1H3,(H,15,17). The lowest BCUT2D eigenvalue weighted by atomic mass is 10.1. The number of aromatic nitrogens is 3. The van der Waals surface area contributed by atoms with Gasteiger partial charge in [0, 0.05) is 48.4 Å². The first-order chi connectivity index (χ1) is 9.22. The van der Waals surface area contributed by atoms with E-state index in [1.54, 1.807) is 31.9 Å². The molecule has 6 nitrogen and oxygen atoms in total. The molecule has 100 valence electrons. The molecule has 0 aliphatic carbocycles. The van der Waals surface area contributed by atoms with Crippen molar-refractivity contribution in [1.82, 2.24) is 15.0 Å². The van der Waals surface area contributed by atoms with E-state index in [-0.39, 0.29) is 12.4 Å². The van der Waals surface area contributed by atoms with Gasteiger partial charge in [0.1, 0.15) is 5.75 Å². The Hall–Kier alpha value is -2.21. The number of aromatic amines is 1. The Labute approximate surface area is 110 Å². The van der Waals surface area contributed by atoms with E-state index < -0.39 is 0 Å². The van der Waals surface area contributed by atoms with Crippen molar-refractivity contribution >= 4 is 6.21 Å². The highest BCUT2D eigenvalue weighted by Gasteiger charge is 2.08. The van der Waals surface area contributed by atoms with Crippen molar-refractivity contribution in [2.24, 2.45) is 4.99 Å². The minimum Gasteiger partial charge on any atom is -0.505 e. The second kappa shape index (κ2) is 6.10. The van der Waals surface area contributed by atoms with Crippen LogP contribution < -0.4 is 0 Å². The number of H-pyrrole nitrogens is 1. The number of hydrogen-bond acceptors (Lipinski definition) is 5. The minimum absolute atomic E-state index is 0.0665. The average Bonchev–Trinajstić information content (AvgIpc) is 2.92. The summed E-state index contributed by atoms with van der Waals surface area (Å²) in [7, 11) is 0. The number of rotatable bonds is 5. The van der Waals surface area contributed by atoms with Crippen molar-refractivity contribution in [1.29, 1.82) is 0 Å². The van der Waals surface area contributed by atoms with Crippen LogP contribution in [-0.4, -0.2) is 37.9 Å². The van der Waals surface area contributed by atoms with Crippen molar-refractivity contribution in [2.45, 2.75) is 20.0 Å². The Kier molecular flexibility index (Phi) is 4.25. The number of aromatic hydroxyl groups is 1. The van der Waals surface area contributed by atoms with E-state index in [0.717, 1.165) is 12.1 Å². The molecule has 0 unspecified atom stereocenters. The fourth-order valence-corrected chi connectivity index (χ4v) is 1.68. The molecule has 0 amide bonds. The number of aliphatic hydroxyl groups excluding tert-OH is 1. The zero-order valence-electron chi connectivity index (χ0n) is 10.7. The SMILES string of the molecule is Cc1ncc(CO)c(C=NCCc2cnc[nH]2)c1O. The van der Waals surface area contributed by atoms with Gasteiger partial charge < -0.3 is 15.2 Å². The molecule has 2 heterocycles. The topological polar surface area (TPSA) is 94.4 Å². The maximum absolute atomic E-state index is 9.91. The summed E-state index contributed by atoms with van der Waals surface area (Å²) in [6, 6.07) is 0. The number of pyridine rings is 1. The summed E-state index contributed by atoms with van der Waals surface area (Å²) < 4.78 is 0. The second-order valence-corrected chi connectivity index (χ2v) is 4.15. The van der Waals surface area contributed by atoms with Crippen LogP contribution in [0.15, 0.2) is 23.7 Å². The van der Waals surface area contributed by atoms with E-state index in [0.29, 0.717) is 23.4 Å². The van der Waals surface area contributed by atoms with E-state index in [4.69, 9.17) is 0 Å². The number of nitrogens with zero attached hydrogens (tertiary/aromatic N) is 3. The van der Waals surface area contributed by atoms with Gasteiger partial charge >= 0.3 is 0 Å². The molecular weight excluding hydrogens is 244 g/mol. The number of imidazole rings is 1. The fourth-order valence-electron chi connectivity index (χ4n) is 1.68. The number of aliphatic imine (C=N–C) groups is 1. The van der Waals surface area contributed by atoms with Crippen LogP contribution >= 0.6 is 0 Å². The lowest BCUT2D eigenvalue weighted by Crippen LogP contribution is -1.99. The summed E-state index contributed by atoms with van der Waals surface area (Å²) in [5.41, 5.74) is 2.62. The molecule has 0 aromatic carbocycles. The van der Waals surface area contributed by atoms with E-state index in [1.807, 2.05) is 0 Å². The van der Waals surface area contributed by atoms with E-state index in [9.17, 15) is 10.2 Å². The Morgan fingerprint density at radius 1 is 1.42 bits per heavy atom. The summed E-state index contributed by atoms with van der Waals surface area (Å²) in [5.74, 6) is 0.0665. The molecule has 0 atom stereocenters. The molecule has 0 saturated heterocycles. The highest BCUT2D eigenvalue weighted by Crippen LogP contribution is 2.21. The highest BCUT2D eigenvalue weighted by molar-refractivity contribution is 5.85. The third kappa shape index (κ3) is 3.17. The average molecular weight is 260 g/mol. The molecule has 0 saturated carbocycles. The first-order valence-corrected chi connectivity index (χ1v) is 5.97. The number of nitrogens with one attached hydrogen (secondary N) is 1. The van der Waals surface area contributed by atoms with Gasteiger partial charge in [-0.15, -0.1) is 0 Å². The third-order valence-electron chi connectivity index (χ3n) is 2.81. The molecule has 19 heavy (non-hydrogen) atoms. The Bertz CT molecular complexity index is 564. The molecule has 0 bridgehead atoms. The first kappa shape index (κ1) is 13.2. The summed E-state index contributed by atoms with van der Waals surface area (Å²) in [5, 5.41) is 19.1. The summed E-state index contributed by atoms with van der Waals surface area (Å²) in [6.07, 6.45) is 7.25. The molecule has 6 heteroatoms. The van der Waals surface area contributed by atoms with E-state index in [2.05, 4.69) is 19.9 Å². The van der Waals surface area contributed by atoms with Crippen molar-refractivity contribution in [2.75, 3.05) is 6.54 Å². The molecular formula is C13H16N4O2. The highest BCUT2D eigenvalue weighted by atomic mass is 16.3. The smallest absolute Gasteiger partial charge is 0.145 e. The van der Waals surface area contributed by atoms with Gasteiger partial charge in [0.15, 0.2) is 0 Å². The number of hydrogen-bond donors (Lipinski definition) is 3. The quantitative estimate of drug-likeness (QED) is 0.698. The van der Waals surface area contributed by atoms with Gasteiger partial charge in [-0.2, -0.15) is 0 Å². The monoisotopic (exact) mass is 260 g/mol. The Balaban J connectivity index is 2.07. The lowest BCUT2D eigenvalue weighted by Gasteiger charge is -2.06. The lowest BCUT2D eigenvalue weighted by molar-refractivity contribution is 0.280. The van der Waals surface area contributed by atoms with Crippen molar-refractivity contribution in [3.63, 3.8) is 0 Å². The number of aryl methyl sites for hydroxylation is 1. The normalized spacial score (nSPS) is 11.3. The van der Waals surface area contributed by atoms with Gasteiger partial charge in [0.25, 0.3) is 0 Å². The third-order valence-corrected chi connectivity index (χ3v) is 2.81. The number of aliphatic hydroxyl groups is 1. The van der Waals surface area contributed by atoms with Gasteiger partial charge in [-0.3, -0.25) is 9.98 Å². The molecule has 0 aliphatic rings. The molecule has 2 aromatic rings. The van der Waals surface area contributed by atoms with Gasteiger partial charge in [0.05, 0.1) is 18.6 Å². The van der Waals surface area contributed by atoms with Crippen LogP contribution in [-0.2, 0) is 13.0 Å². The predicted octanol–water partition coefficient (Wildman–Crippen LogP) is 0.973. The molecule has 2 aromatic heterocycles. The van der Waals surface area contributed by atoms with Crippen LogP contribution in [0.3, 0.4) is 0 Å². The second-order valence-electron chi connectivity index (χ2n) is 4.15. The van der Waals surface area contributed by atoms with Crippen LogP contribution in [0.1, 0.15) is 22.5 Å². The Morgan fingerprint density at radius 3 is 2.95 bits per heavy atom. The molecule has 0 aliphatic heterocycles.